The van der Waals surface area contributed by atoms with Gasteiger partial charge in [0.25, 0.3) is 5.91 Å². The lowest BCUT2D eigenvalue weighted by Gasteiger charge is -2.13. The van der Waals surface area contributed by atoms with Crippen molar-refractivity contribution in [2.45, 2.75) is 13.0 Å². The predicted molar refractivity (Wildman–Crippen MR) is 79.1 cm³/mol. The number of nitrogens with one attached hydrogen (secondary N) is 1. The largest absolute Gasteiger partial charge is 0.480 e. The van der Waals surface area contributed by atoms with Gasteiger partial charge in [-0.25, -0.2) is 9.48 Å². The number of aromatic nitrogens is 2. The molecule has 1 unspecified atom stereocenters. The Morgan fingerprint density at radius 3 is 2.55 bits per heavy atom. The molecule has 1 amide bonds. The van der Waals surface area contributed by atoms with Crippen molar-refractivity contribution in [3.63, 3.8) is 0 Å². The molecule has 0 spiro atoms. The van der Waals surface area contributed by atoms with Gasteiger partial charge in [0.2, 0.25) is 0 Å². The van der Waals surface area contributed by atoms with Gasteiger partial charge >= 0.3 is 5.97 Å². The van der Waals surface area contributed by atoms with Gasteiger partial charge in [0.1, 0.15) is 0 Å². The lowest BCUT2D eigenvalue weighted by atomic mass is 10.2. The fraction of sp³-hybridized carbons (Fsp3) is 0.267. The molecule has 0 saturated carbocycles. The Kier molecular flexibility index (Phi) is 4.90. The summed E-state index contributed by atoms with van der Waals surface area (Å²) in [6, 6.07) is 5.65. The molecular formula is C15H17N3O4. The minimum Gasteiger partial charge on any atom is -0.480 e. The highest BCUT2D eigenvalue weighted by molar-refractivity contribution is 5.96. The van der Waals surface area contributed by atoms with Crippen LogP contribution in [0.5, 0.6) is 0 Å². The molecule has 1 aromatic heterocycles. The summed E-state index contributed by atoms with van der Waals surface area (Å²) in [6.07, 6.45) is 3.61. The fourth-order valence-corrected chi connectivity index (χ4v) is 1.90. The first-order valence-electron chi connectivity index (χ1n) is 6.65. The topological polar surface area (TPSA) is 93.5 Å². The van der Waals surface area contributed by atoms with E-state index in [1.807, 2.05) is 13.1 Å². The van der Waals surface area contributed by atoms with Crippen LogP contribution >= 0.6 is 0 Å². The van der Waals surface area contributed by atoms with Gasteiger partial charge in [0, 0.05) is 18.9 Å². The number of aliphatic carboxylic acids is 1. The fourth-order valence-electron chi connectivity index (χ4n) is 1.90. The van der Waals surface area contributed by atoms with E-state index in [9.17, 15) is 9.59 Å². The second-order valence-corrected chi connectivity index (χ2v) is 4.83. The number of benzene rings is 1. The van der Waals surface area contributed by atoms with Gasteiger partial charge < -0.3 is 15.2 Å². The van der Waals surface area contributed by atoms with Crippen molar-refractivity contribution in [1.82, 2.24) is 15.1 Å². The molecular weight excluding hydrogens is 286 g/mol. The highest BCUT2D eigenvalue weighted by Gasteiger charge is 2.20. The lowest BCUT2D eigenvalue weighted by Crippen LogP contribution is -2.43. The predicted octanol–water partition coefficient (Wildman–Crippen LogP) is 1.01. The Morgan fingerprint density at radius 1 is 1.36 bits per heavy atom. The van der Waals surface area contributed by atoms with E-state index in [0.29, 0.717) is 5.56 Å². The van der Waals surface area contributed by atoms with Crippen molar-refractivity contribution >= 4 is 11.9 Å². The first-order chi connectivity index (χ1) is 10.5. The molecule has 0 saturated heterocycles. The number of aryl methyl sites for hydroxylation is 1. The van der Waals surface area contributed by atoms with Crippen molar-refractivity contribution in [2.75, 3.05) is 13.7 Å². The molecule has 2 N–H and O–H groups in total. The first kappa shape index (κ1) is 15.7. The molecule has 0 aliphatic heterocycles. The average Bonchev–Trinajstić information content (AvgIpc) is 2.93. The number of hydrogen-bond donors (Lipinski definition) is 2. The van der Waals surface area contributed by atoms with E-state index >= 15 is 0 Å². The van der Waals surface area contributed by atoms with Gasteiger partial charge in [-0.05, 0) is 36.8 Å². The van der Waals surface area contributed by atoms with E-state index in [-0.39, 0.29) is 6.61 Å². The molecule has 116 valence electrons. The molecule has 7 nitrogen and oxygen atoms in total. The summed E-state index contributed by atoms with van der Waals surface area (Å²) in [4.78, 5) is 23.0. The third-order valence-corrected chi connectivity index (χ3v) is 3.04. The number of nitrogens with zero attached hydrogens (tertiary/aromatic N) is 2. The summed E-state index contributed by atoms with van der Waals surface area (Å²) in [5.41, 5.74) is 2.22. The number of methoxy groups -OCH3 is 1. The summed E-state index contributed by atoms with van der Waals surface area (Å²) in [5, 5.41) is 15.6. The van der Waals surface area contributed by atoms with E-state index in [1.165, 1.54) is 7.11 Å². The Morgan fingerprint density at radius 2 is 2.05 bits per heavy atom. The SMILES string of the molecule is COCC(NC(=O)c1ccc(-n2cc(C)cn2)cc1)C(=O)O. The number of carboxylic acids is 1. The summed E-state index contributed by atoms with van der Waals surface area (Å²) in [6.45, 7) is 1.85. The van der Waals surface area contributed by atoms with Crippen LogP contribution in [0, 0.1) is 6.92 Å². The zero-order valence-corrected chi connectivity index (χ0v) is 12.3. The summed E-state index contributed by atoms with van der Waals surface area (Å²) >= 11 is 0. The summed E-state index contributed by atoms with van der Waals surface area (Å²) < 4.78 is 6.47. The quantitative estimate of drug-likeness (QED) is 0.830. The van der Waals surface area contributed by atoms with Crippen LogP contribution in [0.25, 0.3) is 5.69 Å². The second kappa shape index (κ2) is 6.86. The Labute approximate surface area is 127 Å². The van der Waals surface area contributed by atoms with E-state index in [1.54, 1.807) is 35.1 Å². The van der Waals surface area contributed by atoms with Gasteiger partial charge in [-0.3, -0.25) is 4.79 Å². The van der Waals surface area contributed by atoms with Crippen molar-refractivity contribution in [1.29, 1.82) is 0 Å². The molecule has 22 heavy (non-hydrogen) atoms. The Bertz CT molecular complexity index is 664. The third kappa shape index (κ3) is 3.70. The Balaban J connectivity index is 2.09. The van der Waals surface area contributed by atoms with Crippen molar-refractivity contribution in [3.8, 4) is 5.69 Å². The highest BCUT2D eigenvalue weighted by Crippen LogP contribution is 2.10. The molecule has 0 fully saturated rings. The maximum absolute atomic E-state index is 12.0. The molecule has 1 heterocycles. The van der Waals surface area contributed by atoms with Crippen LogP contribution in [0.1, 0.15) is 15.9 Å². The number of ether oxygens (including phenoxy) is 1. The second-order valence-electron chi connectivity index (χ2n) is 4.83. The zero-order chi connectivity index (χ0) is 16.1. The van der Waals surface area contributed by atoms with E-state index < -0.39 is 17.9 Å². The molecule has 0 aliphatic carbocycles. The van der Waals surface area contributed by atoms with E-state index in [0.717, 1.165) is 11.3 Å². The summed E-state index contributed by atoms with van der Waals surface area (Å²) in [7, 11) is 1.38. The zero-order valence-electron chi connectivity index (χ0n) is 12.3. The van der Waals surface area contributed by atoms with Gasteiger partial charge in [0.05, 0.1) is 18.5 Å². The van der Waals surface area contributed by atoms with Crippen LogP contribution in [0.2, 0.25) is 0 Å². The van der Waals surface area contributed by atoms with Gasteiger partial charge in [-0.15, -0.1) is 0 Å². The molecule has 0 bridgehead atoms. The summed E-state index contributed by atoms with van der Waals surface area (Å²) in [5.74, 6) is -1.61. The number of rotatable bonds is 6. The van der Waals surface area contributed by atoms with E-state index in [4.69, 9.17) is 9.84 Å². The number of carboxylic acid groups (broad SMARTS) is 1. The molecule has 7 heteroatoms. The van der Waals surface area contributed by atoms with Crippen LogP contribution in [-0.4, -0.2) is 46.5 Å². The molecule has 1 atom stereocenters. The molecule has 0 radical (unpaired) electrons. The minimum absolute atomic E-state index is 0.0915. The average molecular weight is 303 g/mol. The van der Waals surface area contributed by atoms with Crippen molar-refractivity contribution in [3.05, 3.63) is 47.8 Å². The van der Waals surface area contributed by atoms with E-state index in [2.05, 4.69) is 10.4 Å². The smallest absolute Gasteiger partial charge is 0.328 e. The van der Waals surface area contributed by atoms with Crippen LogP contribution in [0.3, 0.4) is 0 Å². The lowest BCUT2D eigenvalue weighted by molar-refractivity contribution is -0.140. The molecule has 2 aromatic rings. The van der Waals surface area contributed by atoms with Crippen LogP contribution in [0.15, 0.2) is 36.7 Å². The minimum atomic E-state index is -1.14. The Hall–Kier alpha value is -2.67. The number of carbonyl (C=O) groups excluding carboxylic acids is 1. The number of hydrogen-bond acceptors (Lipinski definition) is 4. The maximum atomic E-state index is 12.0. The van der Waals surface area contributed by atoms with Crippen LogP contribution < -0.4 is 5.32 Å². The third-order valence-electron chi connectivity index (χ3n) is 3.04. The standard InChI is InChI=1S/C15H17N3O4/c1-10-7-16-18(8-10)12-5-3-11(4-6-12)14(19)17-13(9-22-2)15(20)21/h3-8,13H,9H2,1-2H3,(H,17,19)(H,20,21). The van der Waals surface area contributed by atoms with Crippen molar-refractivity contribution in [2.24, 2.45) is 0 Å². The molecule has 2 rings (SSSR count). The number of carbonyl (C=O) groups is 2. The monoisotopic (exact) mass is 303 g/mol. The maximum Gasteiger partial charge on any atom is 0.328 e. The highest BCUT2D eigenvalue weighted by atomic mass is 16.5. The van der Waals surface area contributed by atoms with Gasteiger partial charge in [-0.1, -0.05) is 0 Å². The van der Waals surface area contributed by atoms with Crippen molar-refractivity contribution < 1.29 is 19.4 Å². The molecule has 0 aliphatic rings. The normalized spacial score (nSPS) is 11.9. The van der Waals surface area contributed by atoms with Gasteiger partial charge in [-0.2, -0.15) is 5.10 Å². The van der Waals surface area contributed by atoms with Crippen LogP contribution in [-0.2, 0) is 9.53 Å². The number of amides is 1. The molecule has 1 aromatic carbocycles. The van der Waals surface area contributed by atoms with Gasteiger partial charge in [0.15, 0.2) is 6.04 Å². The first-order valence-corrected chi connectivity index (χ1v) is 6.65. The van der Waals surface area contributed by atoms with Crippen LogP contribution in [0.4, 0.5) is 0 Å².